The van der Waals surface area contributed by atoms with Gasteiger partial charge in [0.15, 0.2) is 0 Å². The molecule has 0 radical (unpaired) electrons. The normalized spacial score (nSPS) is 8.67. The number of hydrogen-bond acceptors (Lipinski definition) is 3. The molecular formula is C6H18N2O. The van der Waals surface area contributed by atoms with Gasteiger partial charge in [0.25, 0.3) is 0 Å². The van der Waals surface area contributed by atoms with Gasteiger partial charge in [0.2, 0.25) is 0 Å². The molecule has 0 aromatic rings. The largest absolute Gasteiger partial charge is 0.396 e. The molecule has 0 bridgehead atoms. The maximum Gasteiger partial charge on any atom is 0.0431 e. The molecule has 0 saturated heterocycles. The third-order valence-corrected chi connectivity index (χ3v) is 1.11. The van der Waals surface area contributed by atoms with Gasteiger partial charge in [-0.25, -0.2) is 0 Å². The summed E-state index contributed by atoms with van der Waals surface area (Å²) in [6.07, 6.45) is 4.31. The Morgan fingerprint density at radius 1 is 1.00 bits per heavy atom. The smallest absolute Gasteiger partial charge is 0.0431 e. The molecule has 6 N–H and O–H groups in total. The lowest BCUT2D eigenvalue weighted by Crippen LogP contribution is -1.97. The molecule has 0 amide bonds. The minimum Gasteiger partial charge on any atom is -0.396 e. The Kier molecular flexibility index (Phi) is 14.0. The van der Waals surface area contributed by atoms with Crippen molar-refractivity contribution in [1.29, 1.82) is 0 Å². The lowest BCUT2D eigenvalue weighted by Gasteiger charge is -1.93. The molecule has 0 unspecified atom stereocenters. The summed E-state index contributed by atoms with van der Waals surface area (Å²) >= 11 is 0. The molecule has 0 atom stereocenters. The topological polar surface area (TPSA) is 81.2 Å². The third-order valence-electron chi connectivity index (χ3n) is 1.11. The standard InChI is InChI=1S/C6H15NO.H3N/c7-5-3-1-2-4-6-8;/h8H,1-7H2;1H3. The molecule has 9 heavy (non-hydrogen) atoms. The van der Waals surface area contributed by atoms with Crippen LogP contribution < -0.4 is 11.9 Å². The van der Waals surface area contributed by atoms with E-state index in [0.29, 0.717) is 6.61 Å². The Hall–Kier alpha value is -0.120. The van der Waals surface area contributed by atoms with Gasteiger partial charge in [-0.3, -0.25) is 0 Å². The molecule has 0 fully saturated rings. The van der Waals surface area contributed by atoms with Crippen molar-refractivity contribution in [2.75, 3.05) is 13.2 Å². The summed E-state index contributed by atoms with van der Waals surface area (Å²) in [6.45, 7) is 1.11. The van der Waals surface area contributed by atoms with Crippen molar-refractivity contribution in [1.82, 2.24) is 6.15 Å². The zero-order valence-electron chi connectivity index (χ0n) is 5.97. The highest BCUT2D eigenvalue weighted by molar-refractivity contribution is 4.41. The van der Waals surface area contributed by atoms with Crippen molar-refractivity contribution >= 4 is 0 Å². The van der Waals surface area contributed by atoms with Gasteiger partial charge in [-0.1, -0.05) is 12.8 Å². The van der Waals surface area contributed by atoms with Crippen LogP contribution in [0.4, 0.5) is 0 Å². The van der Waals surface area contributed by atoms with Crippen LogP contribution in [0.1, 0.15) is 25.7 Å². The van der Waals surface area contributed by atoms with Gasteiger partial charge in [0.1, 0.15) is 0 Å². The molecule has 0 aromatic carbocycles. The Morgan fingerprint density at radius 2 is 1.56 bits per heavy atom. The highest BCUT2D eigenvalue weighted by Crippen LogP contribution is 1.95. The summed E-state index contributed by atoms with van der Waals surface area (Å²) in [6, 6.07) is 0. The van der Waals surface area contributed by atoms with Crippen LogP contribution in [0.25, 0.3) is 0 Å². The van der Waals surface area contributed by atoms with Gasteiger partial charge in [0.05, 0.1) is 0 Å². The van der Waals surface area contributed by atoms with Crippen molar-refractivity contribution in [2.24, 2.45) is 5.73 Å². The number of unbranched alkanes of at least 4 members (excludes halogenated alkanes) is 3. The first-order valence-corrected chi connectivity index (χ1v) is 3.22. The molecule has 0 heterocycles. The molecule has 0 aliphatic carbocycles. The molecule has 0 aromatic heterocycles. The zero-order chi connectivity index (χ0) is 6.24. The van der Waals surface area contributed by atoms with Crippen LogP contribution in [-0.2, 0) is 0 Å². The van der Waals surface area contributed by atoms with Crippen LogP contribution in [0.3, 0.4) is 0 Å². The third kappa shape index (κ3) is 11.4. The molecule has 3 nitrogen and oxygen atoms in total. The van der Waals surface area contributed by atoms with Crippen molar-refractivity contribution in [3.63, 3.8) is 0 Å². The van der Waals surface area contributed by atoms with Crippen LogP contribution in [0, 0.1) is 0 Å². The van der Waals surface area contributed by atoms with Crippen LogP contribution in [0.15, 0.2) is 0 Å². The van der Waals surface area contributed by atoms with Crippen molar-refractivity contribution in [3.8, 4) is 0 Å². The molecule has 0 saturated carbocycles. The van der Waals surface area contributed by atoms with Gasteiger partial charge in [0, 0.05) is 6.61 Å². The van der Waals surface area contributed by atoms with E-state index in [-0.39, 0.29) is 6.15 Å². The number of rotatable bonds is 5. The summed E-state index contributed by atoms with van der Waals surface area (Å²) in [7, 11) is 0. The second kappa shape index (κ2) is 10.8. The Labute approximate surface area is 56.8 Å². The zero-order valence-corrected chi connectivity index (χ0v) is 5.97. The van der Waals surface area contributed by atoms with Crippen molar-refractivity contribution in [2.45, 2.75) is 25.7 Å². The summed E-state index contributed by atoms with van der Waals surface area (Å²) in [5.74, 6) is 0. The monoisotopic (exact) mass is 134 g/mol. The fraction of sp³-hybridized carbons (Fsp3) is 1.00. The SMILES string of the molecule is N.NCCCCCCO. The Bertz CT molecular complexity index is 36.0. The predicted octanol–water partition coefficient (Wildman–Crippen LogP) is 0.660. The van der Waals surface area contributed by atoms with E-state index in [1.807, 2.05) is 0 Å². The van der Waals surface area contributed by atoms with E-state index in [1.165, 1.54) is 0 Å². The first kappa shape index (κ1) is 11.6. The number of aliphatic hydroxyl groups is 1. The summed E-state index contributed by atoms with van der Waals surface area (Å²) in [5, 5.41) is 8.33. The maximum absolute atomic E-state index is 8.33. The second-order valence-corrected chi connectivity index (χ2v) is 1.93. The van der Waals surface area contributed by atoms with Gasteiger partial charge < -0.3 is 17.0 Å². The average molecular weight is 134 g/mol. The molecule has 0 aliphatic rings. The van der Waals surface area contributed by atoms with Gasteiger partial charge in [-0.15, -0.1) is 0 Å². The molecule has 0 aliphatic heterocycles. The first-order valence-electron chi connectivity index (χ1n) is 3.22. The van der Waals surface area contributed by atoms with E-state index < -0.39 is 0 Å². The molecular weight excluding hydrogens is 116 g/mol. The lowest BCUT2D eigenvalue weighted by molar-refractivity contribution is 0.282. The highest BCUT2D eigenvalue weighted by atomic mass is 16.2. The fourth-order valence-electron chi connectivity index (χ4n) is 0.610. The van der Waals surface area contributed by atoms with Crippen LogP contribution >= 0.6 is 0 Å². The average Bonchev–Trinajstić information content (AvgIpc) is 1.81. The minimum absolute atomic E-state index is 0. The number of hydrogen-bond donors (Lipinski definition) is 3. The molecule has 0 spiro atoms. The molecule has 0 rings (SSSR count). The molecule has 3 heteroatoms. The van der Waals surface area contributed by atoms with E-state index in [1.54, 1.807) is 0 Å². The van der Waals surface area contributed by atoms with E-state index in [2.05, 4.69) is 0 Å². The fourth-order valence-corrected chi connectivity index (χ4v) is 0.610. The Balaban J connectivity index is 0. The van der Waals surface area contributed by atoms with Crippen LogP contribution in [0.2, 0.25) is 0 Å². The van der Waals surface area contributed by atoms with Gasteiger partial charge in [-0.05, 0) is 19.4 Å². The quantitative estimate of drug-likeness (QED) is 0.483. The number of aliphatic hydroxyl groups excluding tert-OH is 1. The number of nitrogens with two attached hydrogens (primary N) is 1. The second-order valence-electron chi connectivity index (χ2n) is 1.93. The van der Waals surface area contributed by atoms with Crippen LogP contribution in [-0.4, -0.2) is 18.3 Å². The van der Waals surface area contributed by atoms with Crippen LogP contribution in [0.5, 0.6) is 0 Å². The van der Waals surface area contributed by atoms with E-state index in [4.69, 9.17) is 10.8 Å². The predicted molar refractivity (Wildman–Crippen MR) is 39.6 cm³/mol. The summed E-state index contributed by atoms with van der Waals surface area (Å²) < 4.78 is 0. The van der Waals surface area contributed by atoms with Gasteiger partial charge in [-0.2, -0.15) is 0 Å². The van der Waals surface area contributed by atoms with E-state index >= 15 is 0 Å². The van der Waals surface area contributed by atoms with E-state index in [9.17, 15) is 0 Å². The maximum atomic E-state index is 8.33. The highest BCUT2D eigenvalue weighted by Gasteiger charge is 1.84. The van der Waals surface area contributed by atoms with Gasteiger partial charge >= 0.3 is 0 Å². The summed E-state index contributed by atoms with van der Waals surface area (Å²) in [4.78, 5) is 0. The van der Waals surface area contributed by atoms with Crippen molar-refractivity contribution < 1.29 is 5.11 Å². The lowest BCUT2D eigenvalue weighted by atomic mass is 10.2. The van der Waals surface area contributed by atoms with Crippen molar-refractivity contribution in [3.05, 3.63) is 0 Å². The minimum atomic E-state index is 0. The Morgan fingerprint density at radius 3 is 2.00 bits per heavy atom. The first-order chi connectivity index (χ1) is 3.91. The summed E-state index contributed by atoms with van der Waals surface area (Å²) in [5.41, 5.74) is 5.25. The molecule has 58 valence electrons. The van der Waals surface area contributed by atoms with E-state index in [0.717, 1.165) is 32.2 Å².